The fourth-order valence-corrected chi connectivity index (χ4v) is 3.72. The lowest BCUT2D eigenvalue weighted by Crippen LogP contribution is -2.03. The van der Waals surface area contributed by atoms with Crippen molar-refractivity contribution in [3.8, 4) is 45.2 Å². The van der Waals surface area contributed by atoms with Crippen LogP contribution in [0.3, 0.4) is 0 Å². The van der Waals surface area contributed by atoms with Gasteiger partial charge in [0.2, 0.25) is 0 Å². The Balaban J connectivity index is 1.64. The topological polar surface area (TPSA) is 126 Å². The monoisotopic (exact) mass is 474 g/mol. The third kappa shape index (κ3) is 4.69. The highest BCUT2D eigenvalue weighted by Gasteiger charge is 2.14. The molecule has 0 bridgehead atoms. The first-order valence-electron chi connectivity index (χ1n) is 10.9. The van der Waals surface area contributed by atoms with Crippen LogP contribution >= 0.6 is 0 Å². The molecule has 0 atom stereocenters. The van der Waals surface area contributed by atoms with Crippen molar-refractivity contribution < 1.29 is 19.8 Å². The summed E-state index contributed by atoms with van der Waals surface area (Å²) in [5, 5.41) is 18.7. The Morgan fingerprint density at radius 1 is 0.500 bits per heavy atom. The molecule has 1 aromatic carbocycles. The largest absolute Gasteiger partial charge is 0.477 e. The van der Waals surface area contributed by atoms with Gasteiger partial charge in [-0.2, -0.15) is 0 Å². The lowest BCUT2D eigenvalue weighted by Gasteiger charge is -2.11. The molecule has 8 heteroatoms. The van der Waals surface area contributed by atoms with Gasteiger partial charge < -0.3 is 10.2 Å². The van der Waals surface area contributed by atoms with Crippen molar-refractivity contribution in [2.24, 2.45) is 0 Å². The molecular weight excluding hydrogens is 456 g/mol. The van der Waals surface area contributed by atoms with Crippen LogP contribution in [0.2, 0.25) is 0 Å². The van der Waals surface area contributed by atoms with Gasteiger partial charge in [-0.05, 0) is 59.7 Å². The van der Waals surface area contributed by atoms with Crippen molar-refractivity contribution in [1.29, 1.82) is 0 Å². The first kappa shape index (κ1) is 22.5. The smallest absolute Gasteiger partial charge is 0.354 e. The van der Waals surface area contributed by atoms with Crippen molar-refractivity contribution in [3.63, 3.8) is 0 Å². The van der Waals surface area contributed by atoms with Crippen molar-refractivity contribution in [2.75, 3.05) is 0 Å². The molecule has 0 aliphatic carbocycles. The fraction of sp³-hybridized carbons (Fsp3) is 0. The second kappa shape index (κ2) is 9.55. The molecule has 5 rings (SSSR count). The Morgan fingerprint density at radius 3 is 1.53 bits per heavy atom. The average molecular weight is 474 g/mol. The maximum Gasteiger partial charge on any atom is 0.354 e. The zero-order valence-corrected chi connectivity index (χ0v) is 18.7. The normalized spacial score (nSPS) is 10.7. The third-order valence-electron chi connectivity index (χ3n) is 5.47. The minimum atomic E-state index is -1.14. The molecule has 0 unspecified atom stereocenters. The van der Waals surface area contributed by atoms with Crippen LogP contribution in [0, 0.1) is 0 Å². The molecule has 0 saturated carbocycles. The molecule has 0 aliphatic heterocycles. The SMILES string of the molecule is O=C(O)c1cccc(-c2cc(-c3ccc(-c4ccccn4)cc3)cc(-c3cccc(C(=O)O)n3)n2)n1. The van der Waals surface area contributed by atoms with E-state index in [0.717, 1.165) is 22.4 Å². The lowest BCUT2D eigenvalue weighted by atomic mass is 10.0. The van der Waals surface area contributed by atoms with Gasteiger partial charge in [-0.15, -0.1) is 0 Å². The molecule has 0 amide bonds. The summed E-state index contributed by atoms with van der Waals surface area (Å²) in [5.41, 5.74) is 4.87. The summed E-state index contributed by atoms with van der Waals surface area (Å²) >= 11 is 0. The summed E-state index contributed by atoms with van der Waals surface area (Å²) in [7, 11) is 0. The molecule has 2 N–H and O–H groups in total. The predicted molar refractivity (Wildman–Crippen MR) is 133 cm³/mol. The van der Waals surface area contributed by atoms with Gasteiger partial charge in [0, 0.05) is 11.8 Å². The zero-order valence-electron chi connectivity index (χ0n) is 18.7. The summed E-state index contributed by atoms with van der Waals surface area (Å²) in [6.45, 7) is 0. The highest BCUT2D eigenvalue weighted by atomic mass is 16.4. The van der Waals surface area contributed by atoms with E-state index in [0.29, 0.717) is 22.8 Å². The van der Waals surface area contributed by atoms with Crippen LogP contribution in [0.4, 0.5) is 0 Å². The van der Waals surface area contributed by atoms with E-state index in [2.05, 4.69) is 19.9 Å². The van der Waals surface area contributed by atoms with Gasteiger partial charge in [-0.3, -0.25) is 4.98 Å². The fourth-order valence-electron chi connectivity index (χ4n) is 3.72. The molecule has 0 aliphatic rings. The van der Waals surface area contributed by atoms with Crippen molar-refractivity contribution in [1.82, 2.24) is 19.9 Å². The number of carboxylic acid groups (broad SMARTS) is 2. The van der Waals surface area contributed by atoms with Crippen LogP contribution < -0.4 is 0 Å². The van der Waals surface area contributed by atoms with E-state index in [1.165, 1.54) is 12.1 Å². The van der Waals surface area contributed by atoms with E-state index >= 15 is 0 Å². The Hall–Kier alpha value is -5.24. The van der Waals surface area contributed by atoms with Gasteiger partial charge >= 0.3 is 11.9 Å². The Kier molecular flexibility index (Phi) is 5.98. The number of pyridine rings is 4. The highest BCUT2D eigenvalue weighted by Crippen LogP contribution is 2.30. The van der Waals surface area contributed by atoms with Crippen LogP contribution in [0.5, 0.6) is 0 Å². The number of carboxylic acids is 2. The van der Waals surface area contributed by atoms with E-state index in [9.17, 15) is 19.8 Å². The maximum atomic E-state index is 11.5. The molecule has 174 valence electrons. The molecule has 0 radical (unpaired) electrons. The van der Waals surface area contributed by atoms with Crippen LogP contribution in [-0.2, 0) is 0 Å². The minimum Gasteiger partial charge on any atom is -0.477 e. The molecule has 0 fully saturated rings. The zero-order chi connectivity index (χ0) is 25.1. The van der Waals surface area contributed by atoms with Crippen molar-refractivity contribution in [3.05, 3.63) is 109 Å². The Bertz CT molecular complexity index is 1510. The molecule has 0 spiro atoms. The van der Waals surface area contributed by atoms with E-state index in [1.54, 1.807) is 30.5 Å². The van der Waals surface area contributed by atoms with E-state index < -0.39 is 11.9 Å². The molecule has 5 aromatic rings. The number of rotatable bonds is 6. The lowest BCUT2D eigenvalue weighted by molar-refractivity contribution is 0.0680. The number of nitrogens with zero attached hydrogens (tertiary/aromatic N) is 4. The second-order valence-electron chi connectivity index (χ2n) is 7.85. The average Bonchev–Trinajstić information content (AvgIpc) is 2.93. The Morgan fingerprint density at radius 2 is 1.03 bits per heavy atom. The second-order valence-corrected chi connectivity index (χ2v) is 7.85. The molecule has 4 heterocycles. The minimum absolute atomic E-state index is 0.105. The van der Waals surface area contributed by atoms with Gasteiger partial charge in [-0.1, -0.05) is 42.5 Å². The molecular formula is C28H18N4O4. The Labute approximate surface area is 205 Å². The summed E-state index contributed by atoms with van der Waals surface area (Å²) in [6.07, 6.45) is 1.74. The quantitative estimate of drug-likeness (QED) is 0.338. The number of aromatic carboxylic acids is 2. The predicted octanol–water partition coefficient (Wildman–Crippen LogP) is 5.33. The highest BCUT2D eigenvalue weighted by molar-refractivity contribution is 5.87. The number of benzene rings is 1. The summed E-state index contributed by atoms with van der Waals surface area (Å²) in [5.74, 6) is -2.29. The maximum absolute atomic E-state index is 11.5. The van der Waals surface area contributed by atoms with E-state index in [1.807, 2.05) is 54.6 Å². The van der Waals surface area contributed by atoms with Gasteiger partial charge in [0.25, 0.3) is 0 Å². The van der Waals surface area contributed by atoms with Gasteiger partial charge in [0.15, 0.2) is 0 Å². The molecule has 4 aromatic heterocycles. The van der Waals surface area contributed by atoms with Crippen molar-refractivity contribution in [2.45, 2.75) is 0 Å². The third-order valence-corrected chi connectivity index (χ3v) is 5.47. The number of hydrogen-bond acceptors (Lipinski definition) is 6. The number of hydrogen-bond donors (Lipinski definition) is 2. The summed E-state index contributed by atoms with van der Waals surface area (Å²) in [4.78, 5) is 40.4. The van der Waals surface area contributed by atoms with Gasteiger partial charge in [-0.25, -0.2) is 24.5 Å². The molecule has 0 saturated heterocycles. The van der Waals surface area contributed by atoms with E-state index in [4.69, 9.17) is 0 Å². The van der Waals surface area contributed by atoms with Gasteiger partial charge in [0.05, 0.1) is 28.5 Å². The number of carbonyl (C=O) groups is 2. The van der Waals surface area contributed by atoms with Crippen molar-refractivity contribution >= 4 is 11.9 Å². The standard InChI is InChI=1S/C28H18N4O4/c33-27(34)23-8-3-6-21(30-23)25-15-19(16-26(32-25)22-7-4-9-24(31-22)28(35)36)17-10-12-18(13-11-17)20-5-1-2-14-29-20/h1-16H,(H,33,34)(H,35,36). The summed E-state index contributed by atoms with van der Waals surface area (Å²) in [6, 6.07) is 26.5. The molecule has 36 heavy (non-hydrogen) atoms. The van der Waals surface area contributed by atoms with Crippen LogP contribution in [0.15, 0.2) is 97.2 Å². The van der Waals surface area contributed by atoms with Crippen LogP contribution in [0.25, 0.3) is 45.2 Å². The van der Waals surface area contributed by atoms with E-state index in [-0.39, 0.29) is 11.4 Å². The first-order valence-corrected chi connectivity index (χ1v) is 10.9. The molecule has 8 nitrogen and oxygen atoms in total. The van der Waals surface area contributed by atoms with Gasteiger partial charge in [0.1, 0.15) is 11.4 Å². The van der Waals surface area contributed by atoms with Crippen LogP contribution in [0.1, 0.15) is 21.0 Å². The number of aromatic nitrogens is 4. The summed E-state index contributed by atoms with van der Waals surface area (Å²) < 4.78 is 0. The van der Waals surface area contributed by atoms with Crippen LogP contribution in [-0.4, -0.2) is 42.1 Å². The first-order chi connectivity index (χ1) is 17.5.